The van der Waals surface area contributed by atoms with Crippen molar-refractivity contribution in [3.8, 4) is 11.1 Å². The Labute approximate surface area is 159 Å². The zero-order valence-electron chi connectivity index (χ0n) is 13.5. The van der Waals surface area contributed by atoms with Crippen LogP contribution in [0.15, 0.2) is 71.8 Å². The van der Waals surface area contributed by atoms with Crippen molar-refractivity contribution >= 4 is 45.6 Å². The normalized spacial score (nSPS) is 10.8. The summed E-state index contributed by atoms with van der Waals surface area (Å²) in [5, 5.41) is 4.80. The lowest BCUT2D eigenvalue weighted by molar-refractivity contribution is 1.30. The predicted octanol–water partition coefficient (Wildman–Crippen LogP) is 5.64. The average molecular weight is 382 g/mol. The van der Waals surface area contributed by atoms with Crippen molar-refractivity contribution in [1.82, 2.24) is 9.97 Å². The first-order chi connectivity index (χ1) is 12.6. The third kappa shape index (κ3) is 3.05. The highest BCUT2D eigenvalue weighted by Crippen LogP contribution is 2.28. The molecule has 6 heteroatoms. The van der Waals surface area contributed by atoms with Crippen LogP contribution < -0.4 is 10.7 Å². The summed E-state index contributed by atoms with van der Waals surface area (Å²) < 4.78 is 0. The number of aromatic nitrogens is 2. The number of hydrogen-bond acceptors (Lipinski definition) is 3. The van der Waals surface area contributed by atoms with Crippen molar-refractivity contribution in [2.24, 2.45) is 0 Å². The number of aromatic amines is 1. The first kappa shape index (κ1) is 16.6. The molecule has 4 aromatic rings. The van der Waals surface area contributed by atoms with E-state index in [0.29, 0.717) is 38.0 Å². The number of H-pyrrole nitrogens is 1. The molecule has 0 bridgehead atoms. The molecule has 0 amide bonds. The van der Waals surface area contributed by atoms with Gasteiger partial charge in [0.15, 0.2) is 0 Å². The molecule has 4 rings (SSSR count). The molecule has 0 saturated carbocycles. The van der Waals surface area contributed by atoms with Gasteiger partial charge in [0, 0.05) is 23.0 Å². The molecule has 0 aliphatic heterocycles. The Kier molecular flexibility index (Phi) is 4.37. The molecule has 4 nitrogen and oxygen atoms in total. The number of pyridine rings is 2. The highest BCUT2D eigenvalue weighted by molar-refractivity contribution is 6.33. The number of fused-ring (bicyclic) bond motifs is 1. The Morgan fingerprint density at radius 1 is 0.962 bits per heavy atom. The molecule has 128 valence electrons. The average Bonchev–Trinajstić information content (AvgIpc) is 2.65. The van der Waals surface area contributed by atoms with E-state index in [1.165, 1.54) is 0 Å². The van der Waals surface area contributed by atoms with Crippen LogP contribution in [0.5, 0.6) is 0 Å². The maximum absolute atomic E-state index is 13.1. The summed E-state index contributed by atoms with van der Waals surface area (Å²) in [4.78, 5) is 20.7. The van der Waals surface area contributed by atoms with Crippen molar-refractivity contribution in [1.29, 1.82) is 0 Å². The van der Waals surface area contributed by atoms with Gasteiger partial charge in [0.2, 0.25) is 5.43 Å². The smallest absolute Gasteiger partial charge is 0.200 e. The fraction of sp³-hybridized carbons (Fsp3) is 0. The zero-order chi connectivity index (χ0) is 18.1. The number of nitrogens with zero attached hydrogens (tertiary/aromatic N) is 1. The number of anilines is 2. The van der Waals surface area contributed by atoms with Crippen molar-refractivity contribution < 1.29 is 0 Å². The van der Waals surface area contributed by atoms with Gasteiger partial charge in [-0.3, -0.25) is 4.79 Å². The second kappa shape index (κ2) is 6.83. The summed E-state index contributed by atoms with van der Waals surface area (Å²) in [5.41, 5.74) is 2.58. The summed E-state index contributed by atoms with van der Waals surface area (Å²) in [7, 11) is 0. The first-order valence-electron chi connectivity index (χ1n) is 7.91. The summed E-state index contributed by atoms with van der Waals surface area (Å²) in [6.45, 7) is 0. The highest BCUT2D eigenvalue weighted by Gasteiger charge is 2.13. The van der Waals surface area contributed by atoms with Crippen molar-refractivity contribution in [2.45, 2.75) is 0 Å². The number of halogens is 2. The van der Waals surface area contributed by atoms with E-state index in [-0.39, 0.29) is 5.43 Å². The molecule has 0 saturated heterocycles. The maximum Gasteiger partial charge on any atom is 0.200 e. The number of benzene rings is 2. The molecule has 0 atom stereocenters. The fourth-order valence-corrected chi connectivity index (χ4v) is 3.10. The minimum atomic E-state index is -0.122. The highest BCUT2D eigenvalue weighted by atomic mass is 35.5. The quantitative estimate of drug-likeness (QED) is 0.482. The lowest BCUT2D eigenvalue weighted by Gasteiger charge is -2.11. The molecule has 26 heavy (non-hydrogen) atoms. The second-order valence-electron chi connectivity index (χ2n) is 5.73. The Morgan fingerprint density at radius 2 is 1.73 bits per heavy atom. The molecule has 0 spiro atoms. The number of para-hydroxylation sites is 1. The molecule has 2 aromatic carbocycles. The van der Waals surface area contributed by atoms with Crippen LogP contribution in [0.1, 0.15) is 0 Å². The topological polar surface area (TPSA) is 57.8 Å². The Balaban J connectivity index is 1.89. The van der Waals surface area contributed by atoms with Crippen molar-refractivity contribution in [3.05, 3.63) is 87.3 Å². The SMILES string of the molecule is O=c1c(-c2ccc(Cl)cc2)c[nH]c2ccnc(Nc3ccccc3Cl)c12. The lowest BCUT2D eigenvalue weighted by atomic mass is 10.1. The monoisotopic (exact) mass is 381 g/mol. The number of nitrogens with one attached hydrogen (secondary N) is 2. The van der Waals surface area contributed by atoms with Crippen molar-refractivity contribution in [3.63, 3.8) is 0 Å². The van der Waals surface area contributed by atoms with Gasteiger partial charge in [-0.15, -0.1) is 0 Å². The van der Waals surface area contributed by atoms with Crippen molar-refractivity contribution in [2.75, 3.05) is 5.32 Å². The van der Waals surface area contributed by atoms with Gasteiger partial charge in [-0.05, 0) is 35.9 Å². The van der Waals surface area contributed by atoms with Crippen LogP contribution in [0.2, 0.25) is 10.0 Å². The van der Waals surface area contributed by atoms with E-state index in [1.54, 1.807) is 36.7 Å². The van der Waals surface area contributed by atoms with Gasteiger partial charge < -0.3 is 10.3 Å². The van der Waals surface area contributed by atoms with Crippen LogP contribution in [0.3, 0.4) is 0 Å². The van der Waals surface area contributed by atoms with E-state index in [1.807, 2.05) is 30.3 Å². The van der Waals surface area contributed by atoms with E-state index in [0.717, 1.165) is 5.56 Å². The maximum atomic E-state index is 13.1. The third-order valence-electron chi connectivity index (χ3n) is 4.08. The molecule has 0 fully saturated rings. The van der Waals surface area contributed by atoms with E-state index >= 15 is 0 Å². The Hall–Kier alpha value is -2.82. The van der Waals surface area contributed by atoms with Crippen LogP contribution >= 0.6 is 23.2 Å². The fourth-order valence-electron chi connectivity index (χ4n) is 2.79. The third-order valence-corrected chi connectivity index (χ3v) is 4.66. The minimum absolute atomic E-state index is 0.122. The summed E-state index contributed by atoms with van der Waals surface area (Å²) >= 11 is 12.2. The summed E-state index contributed by atoms with van der Waals surface area (Å²) in [6, 6.07) is 16.2. The van der Waals surface area contributed by atoms with Crippen LogP contribution in [-0.2, 0) is 0 Å². The van der Waals surface area contributed by atoms with Crippen LogP contribution in [0, 0.1) is 0 Å². The zero-order valence-corrected chi connectivity index (χ0v) is 15.0. The summed E-state index contributed by atoms with van der Waals surface area (Å²) in [6.07, 6.45) is 3.34. The number of hydrogen-bond donors (Lipinski definition) is 2. The molecule has 0 radical (unpaired) electrons. The van der Waals surface area contributed by atoms with Gasteiger partial charge in [0.25, 0.3) is 0 Å². The molecular weight excluding hydrogens is 369 g/mol. The molecule has 2 N–H and O–H groups in total. The Bertz CT molecular complexity index is 1150. The number of rotatable bonds is 3. The van der Waals surface area contributed by atoms with E-state index in [4.69, 9.17) is 23.2 Å². The van der Waals surface area contributed by atoms with E-state index in [9.17, 15) is 4.79 Å². The van der Waals surface area contributed by atoms with E-state index < -0.39 is 0 Å². The molecule has 2 heterocycles. The van der Waals surface area contributed by atoms with Gasteiger partial charge in [0.05, 0.1) is 21.6 Å². The minimum Gasteiger partial charge on any atom is -0.360 e. The molecular formula is C20H13Cl2N3O. The van der Waals surface area contributed by atoms with Crippen LogP contribution in [0.25, 0.3) is 22.0 Å². The molecule has 0 unspecified atom stereocenters. The second-order valence-corrected chi connectivity index (χ2v) is 6.57. The van der Waals surface area contributed by atoms with Gasteiger partial charge in [-0.25, -0.2) is 4.98 Å². The van der Waals surface area contributed by atoms with Crippen LogP contribution in [-0.4, -0.2) is 9.97 Å². The first-order valence-corrected chi connectivity index (χ1v) is 8.67. The van der Waals surface area contributed by atoms with Gasteiger partial charge >= 0.3 is 0 Å². The standard InChI is InChI=1S/C20H13Cl2N3O/c21-13-7-5-12(6-8-13)14-11-24-17-9-10-23-20(18(17)19(14)26)25-16-4-2-1-3-15(16)22/h1-11H,(H,23,25)(H,24,26). The van der Waals surface area contributed by atoms with Gasteiger partial charge in [-0.1, -0.05) is 47.5 Å². The Morgan fingerprint density at radius 3 is 2.50 bits per heavy atom. The van der Waals surface area contributed by atoms with Gasteiger partial charge in [-0.2, -0.15) is 0 Å². The van der Waals surface area contributed by atoms with Gasteiger partial charge in [0.1, 0.15) is 5.82 Å². The molecule has 2 aromatic heterocycles. The van der Waals surface area contributed by atoms with E-state index in [2.05, 4.69) is 15.3 Å². The lowest BCUT2D eigenvalue weighted by Crippen LogP contribution is -2.10. The molecule has 0 aliphatic carbocycles. The van der Waals surface area contributed by atoms with Crippen LogP contribution in [0.4, 0.5) is 11.5 Å². The summed E-state index contributed by atoms with van der Waals surface area (Å²) in [5.74, 6) is 0.452. The molecule has 0 aliphatic rings. The predicted molar refractivity (Wildman–Crippen MR) is 108 cm³/mol. The largest absolute Gasteiger partial charge is 0.360 e.